The molecule has 0 radical (unpaired) electrons. The van der Waals surface area contributed by atoms with E-state index in [1.807, 2.05) is 0 Å². The van der Waals surface area contributed by atoms with Crippen LogP contribution in [0.3, 0.4) is 0 Å². The number of aliphatic hydroxyl groups is 1. The molecular formula is C9H12O3. The summed E-state index contributed by atoms with van der Waals surface area (Å²) in [6.45, 7) is 3.58. The minimum atomic E-state index is -0.385. The molecule has 4 atom stereocenters. The number of hydrogen-bond acceptors (Lipinski definition) is 3. The minimum Gasteiger partial charge on any atom is -0.457 e. The first-order chi connectivity index (χ1) is 5.74. The lowest BCUT2D eigenvalue weighted by atomic mass is 9.92. The van der Waals surface area contributed by atoms with Crippen molar-refractivity contribution in [1.82, 2.24) is 0 Å². The molecule has 0 amide bonds. The molecule has 66 valence electrons. The Bertz CT molecular complexity index is 224. The van der Waals surface area contributed by atoms with E-state index in [2.05, 4.69) is 6.58 Å². The number of carbonyl (C=O) groups is 1. The highest BCUT2D eigenvalue weighted by atomic mass is 16.6. The Labute approximate surface area is 71.0 Å². The van der Waals surface area contributed by atoms with Crippen molar-refractivity contribution in [1.29, 1.82) is 0 Å². The molecule has 3 heteroatoms. The van der Waals surface area contributed by atoms with Crippen LogP contribution in [0, 0.1) is 11.8 Å². The molecule has 0 aromatic carbocycles. The van der Waals surface area contributed by atoms with Crippen molar-refractivity contribution in [3.8, 4) is 0 Å². The summed E-state index contributed by atoms with van der Waals surface area (Å²) >= 11 is 0. The van der Waals surface area contributed by atoms with Gasteiger partial charge in [0.2, 0.25) is 0 Å². The van der Waals surface area contributed by atoms with E-state index >= 15 is 0 Å². The number of ether oxygens (including phenoxy) is 1. The minimum absolute atomic E-state index is 0.0324. The molecule has 0 bridgehead atoms. The number of aliphatic hydroxyl groups excluding tert-OH is 1. The second kappa shape index (κ2) is 2.59. The lowest BCUT2D eigenvalue weighted by molar-refractivity contribution is -0.143. The molecule has 2 rings (SSSR count). The molecule has 2 fully saturated rings. The molecule has 0 unspecified atom stereocenters. The fourth-order valence-corrected chi connectivity index (χ4v) is 2.23. The van der Waals surface area contributed by atoms with Gasteiger partial charge in [0.25, 0.3) is 0 Å². The highest BCUT2D eigenvalue weighted by molar-refractivity contribution is 5.76. The van der Waals surface area contributed by atoms with E-state index in [-0.39, 0.29) is 30.0 Å². The molecule has 0 aromatic heterocycles. The van der Waals surface area contributed by atoms with Crippen LogP contribution in [0.1, 0.15) is 12.8 Å². The van der Waals surface area contributed by atoms with Crippen LogP contribution in [0.25, 0.3) is 0 Å². The molecule has 3 nitrogen and oxygen atoms in total. The second-order valence-corrected chi connectivity index (χ2v) is 3.47. The van der Waals surface area contributed by atoms with Crippen LogP contribution in [0.4, 0.5) is 0 Å². The molecule has 1 saturated heterocycles. The summed E-state index contributed by atoms with van der Waals surface area (Å²) in [5.41, 5.74) is 0. The maximum Gasteiger partial charge on any atom is 0.310 e. The van der Waals surface area contributed by atoms with Gasteiger partial charge in [-0.15, -0.1) is 0 Å². The molecule has 2 aliphatic rings. The smallest absolute Gasteiger partial charge is 0.310 e. The zero-order chi connectivity index (χ0) is 8.72. The average molecular weight is 168 g/mol. The lowest BCUT2D eigenvalue weighted by Crippen LogP contribution is -2.24. The molecule has 12 heavy (non-hydrogen) atoms. The van der Waals surface area contributed by atoms with Crippen molar-refractivity contribution >= 4 is 5.97 Å². The van der Waals surface area contributed by atoms with Gasteiger partial charge in [0.15, 0.2) is 0 Å². The first-order valence-electron chi connectivity index (χ1n) is 4.25. The van der Waals surface area contributed by atoms with Gasteiger partial charge >= 0.3 is 5.97 Å². The monoisotopic (exact) mass is 168 g/mol. The van der Waals surface area contributed by atoms with E-state index in [9.17, 15) is 9.90 Å². The van der Waals surface area contributed by atoms with Crippen molar-refractivity contribution in [2.45, 2.75) is 25.0 Å². The van der Waals surface area contributed by atoms with Gasteiger partial charge in [-0.05, 0) is 12.8 Å². The van der Waals surface area contributed by atoms with Crippen molar-refractivity contribution in [2.75, 3.05) is 0 Å². The van der Waals surface area contributed by atoms with Crippen LogP contribution in [0.5, 0.6) is 0 Å². The highest BCUT2D eigenvalue weighted by Gasteiger charge is 2.50. The fraction of sp³-hybridized carbons (Fsp3) is 0.667. The molecule has 1 heterocycles. The normalized spacial score (nSPS) is 45.6. The van der Waals surface area contributed by atoms with Gasteiger partial charge in [-0.2, -0.15) is 0 Å². The molecule has 1 saturated carbocycles. The van der Waals surface area contributed by atoms with Gasteiger partial charge in [0.1, 0.15) is 6.10 Å². The first-order valence-corrected chi connectivity index (χ1v) is 4.25. The van der Waals surface area contributed by atoms with Gasteiger partial charge < -0.3 is 9.84 Å². The second-order valence-electron chi connectivity index (χ2n) is 3.47. The zero-order valence-electron chi connectivity index (χ0n) is 6.77. The van der Waals surface area contributed by atoms with E-state index < -0.39 is 0 Å². The van der Waals surface area contributed by atoms with E-state index in [0.29, 0.717) is 0 Å². The number of rotatable bonds is 1. The third-order valence-corrected chi connectivity index (χ3v) is 2.85. The Morgan fingerprint density at radius 2 is 2.33 bits per heavy atom. The summed E-state index contributed by atoms with van der Waals surface area (Å²) in [7, 11) is 0. The van der Waals surface area contributed by atoms with E-state index in [1.165, 1.54) is 0 Å². The Balaban J connectivity index is 2.23. The fourth-order valence-electron chi connectivity index (χ4n) is 2.23. The molecule has 0 aromatic rings. The molecule has 0 spiro atoms. The van der Waals surface area contributed by atoms with Gasteiger partial charge in [-0.3, -0.25) is 4.79 Å². The summed E-state index contributed by atoms with van der Waals surface area (Å²) < 4.78 is 5.03. The standard InChI is InChI=1S/C9H12O3/c1-2-7-8-5(9(11)12-7)3-4-6(8)10/h2,5-8,10H,1,3-4H2/t5-,6+,7-,8-/m0/s1. The number of hydrogen-bond donors (Lipinski definition) is 1. The predicted molar refractivity (Wildman–Crippen MR) is 42.3 cm³/mol. The SMILES string of the molecule is C=C[C@@H]1OC(=O)[C@H]2CC[C@@H](O)[C@@H]12. The van der Waals surface area contributed by atoms with Crippen LogP contribution in [-0.4, -0.2) is 23.3 Å². The zero-order valence-corrected chi connectivity index (χ0v) is 6.77. The van der Waals surface area contributed by atoms with Crippen LogP contribution >= 0.6 is 0 Å². The van der Waals surface area contributed by atoms with Crippen LogP contribution < -0.4 is 0 Å². The maximum atomic E-state index is 11.2. The van der Waals surface area contributed by atoms with E-state index in [0.717, 1.165) is 12.8 Å². The Morgan fingerprint density at radius 1 is 1.58 bits per heavy atom. The summed E-state index contributed by atoms with van der Waals surface area (Å²) in [5, 5.41) is 9.54. The Kier molecular flexibility index (Phi) is 1.68. The largest absolute Gasteiger partial charge is 0.457 e. The summed E-state index contributed by atoms with van der Waals surface area (Å²) in [5.74, 6) is -0.278. The quantitative estimate of drug-likeness (QED) is 0.457. The third-order valence-electron chi connectivity index (χ3n) is 2.85. The third kappa shape index (κ3) is 0.894. The van der Waals surface area contributed by atoms with E-state index in [4.69, 9.17) is 4.74 Å². The predicted octanol–water partition coefficient (Wildman–Crippen LogP) is 0.485. The number of carbonyl (C=O) groups excluding carboxylic acids is 1. The van der Waals surface area contributed by atoms with Gasteiger partial charge in [0.05, 0.1) is 12.0 Å². The summed E-state index contributed by atoms with van der Waals surface area (Å²) in [6.07, 6.45) is 2.44. The van der Waals surface area contributed by atoms with Crippen LogP contribution in [0.2, 0.25) is 0 Å². The van der Waals surface area contributed by atoms with E-state index in [1.54, 1.807) is 6.08 Å². The lowest BCUT2D eigenvalue weighted by Gasteiger charge is -2.15. The van der Waals surface area contributed by atoms with Crippen molar-refractivity contribution in [3.63, 3.8) is 0 Å². The van der Waals surface area contributed by atoms with Crippen LogP contribution in [-0.2, 0) is 9.53 Å². The summed E-state index contributed by atoms with van der Waals surface area (Å²) in [6, 6.07) is 0. The average Bonchev–Trinajstić information content (AvgIpc) is 2.56. The van der Waals surface area contributed by atoms with Crippen molar-refractivity contribution in [2.24, 2.45) is 11.8 Å². The molecular weight excluding hydrogens is 156 g/mol. The highest BCUT2D eigenvalue weighted by Crippen LogP contribution is 2.41. The van der Waals surface area contributed by atoms with Crippen LogP contribution in [0.15, 0.2) is 12.7 Å². The molecule has 1 N–H and O–H groups in total. The number of esters is 1. The molecule has 1 aliphatic heterocycles. The summed E-state index contributed by atoms with van der Waals surface area (Å²) in [4.78, 5) is 11.2. The topological polar surface area (TPSA) is 46.5 Å². The van der Waals surface area contributed by atoms with Crippen molar-refractivity contribution in [3.05, 3.63) is 12.7 Å². The van der Waals surface area contributed by atoms with Gasteiger partial charge in [-0.25, -0.2) is 0 Å². The van der Waals surface area contributed by atoms with Gasteiger partial charge in [-0.1, -0.05) is 12.7 Å². The Morgan fingerprint density at radius 3 is 3.00 bits per heavy atom. The van der Waals surface area contributed by atoms with Crippen molar-refractivity contribution < 1.29 is 14.6 Å². The number of fused-ring (bicyclic) bond motifs is 1. The Hall–Kier alpha value is -0.830. The number of cyclic esters (lactones) is 1. The first kappa shape index (κ1) is 7.80. The maximum absolute atomic E-state index is 11.2. The van der Waals surface area contributed by atoms with Gasteiger partial charge in [0, 0.05) is 5.92 Å². The molecule has 1 aliphatic carbocycles.